The van der Waals surface area contributed by atoms with Crippen LogP contribution in [0.25, 0.3) is 0 Å². The molecule has 0 aromatic heterocycles. The van der Waals surface area contributed by atoms with Gasteiger partial charge in [-0.1, -0.05) is 68.4 Å². The van der Waals surface area contributed by atoms with Crippen molar-refractivity contribution in [1.82, 2.24) is 10.6 Å². The summed E-state index contributed by atoms with van der Waals surface area (Å²) in [6, 6.07) is 30.1. The quantitative estimate of drug-likeness (QED) is 0.101. The van der Waals surface area contributed by atoms with Crippen LogP contribution in [0.15, 0.2) is 127 Å². The summed E-state index contributed by atoms with van der Waals surface area (Å²) in [5, 5.41) is 7.67. The molecule has 0 aliphatic heterocycles. The molecule has 0 saturated carbocycles. The van der Waals surface area contributed by atoms with Gasteiger partial charge >= 0.3 is 0 Å². The summed E-state index contributed by atoms with van der Waals surface area (Å²) in [4.78, 5) is 77.3. The maximum absolute atomic E-state index is 13.6. The maximum atomic E-state index is 13.6. The van der Waals surface area contributed by atoms with Crippen molar-refractivity contribution in [2.24, 2.45) is 11.7 Å². The predicted octanol–water partition coefficient (Wildman–Crippen LogP) is 5.46. The molecule has 318 valence electrons. The number of para-hydroxylation sites is 3. The van der Waals surface area contributed by atoms with Crippen molar-refractivity contribution < 1.29 is 46.3 Å². The molecule has 61 heavy (non-hydrogen) atoms. The summed E-state index contributed by atoms with van der Waals surface area (Å²) in [5.41, 5.74) is 7.09. The molecule has 0 unspecified atom stereocenters. The number of anilines is 3. The number of carbonyl (C=O) groups excluding carboxylic acids is 6. The van der Waals surface area contributed by atoms with Crippen LogP contribution in [-0.2, 0) is 41.6 Å². The number of amides is 6. The summed E-state index contributed by atoms with van der Waals surface area (Å²) in [7, 11) is 0. The lowest BCUT2D eigenvalue weighted by Gasteiger charge is -2.26. The first-order valence-electron chi connectivity index (χ1n) is 18.9. The van der Waals surface area contributed by atoms with Crippen LogP contribution in [0.4, 0.5) is 34.6 Å². The van der Waals surface area contributed by atoms with Gasteiger partial charge in [-0.2, -0.15) is 0 Å². The Kier molecular flexibility index (Phi) is 17.4. The monoisotopic (exact) mass is 840 g/mol. The summed E-state index contributed by atoms with van der Waals surface area (Å²) < 4.78 is 53.6. The van der Waals surface area contributed by atoms with Crippen LogP contribution in [0.1, 0.15) is 25.0 Å². The van der Waals surface area contributed by atoms with Crippen LogP contribution in [0, 0.1) is 29.2 Å². The van der Waals surface area contributed by atoms with Crippen LogP contribution in [0.5, 0.6) is 0 Å². The van der Waals surface area contributed by atoms with E-state index in [4.69, 9.17) is 5.73 Å². The molecule has 6 amide bonds. The molecule has 5 N–H and O–H groups in total. The summed E-state index contributed by atoms with van der Waals surface area (Å²) in [5.74, 6) is -6.80. The van der Waals surface area contributed by atoms with Crippen LogP contribution in [0.2, 0.25) is 0 Å². The van der Waals surface area contributed by atoms with Crippen molar-refractivity contribution in [2.45, 2.75) is 32.7 Å². The molecule has 0 saturated heterocycles. The zero-order chi connectivity index (χ0) is 44.5. The number of imide groups is 1. The number of carbonyl (C=O) groups is 6. The van der Waals surface area contributed by atoms with E-state index < -0.39 is 77.8 Å². The molecule has 0 heterocycles. The van der Waals surface area contributed by atoms with E-state index in [9.17, 15) is 46.3 Å². The Morgan fingerprint density at radius 2 is 1.07 bits per heavy atom. The lowest BCUT2D eigenvalue weighted by atomic mass is 10.0. The van der Waals surface area contributed by atoms with Gasteiger partial charge in [0.25, 0.3) is 5.91 Å². The number of nitrogens with one attached hydrogen (secondary N) is 3. The lowest BCUT2D eigenvalue weighted by Crippen LogP contribution is -2.51. The molecular formula is C45H44F4N6O6. The number of hydrogen-bond acceptors (Lipinski definition) is 7. The normalized spacial score (nSPS) is 11.0. The Hall–Kier alpha value is -7.20. The van der Waals surface area contributed by atoms with Gasteiger partial charge in [-0.15, -0.1) is 0 Å². The van der Waals surface area contributed by atoms with Gasteiger partial charge < -0.3 is 26.6 Å². The number of halogens is 4. The van der Waals surface area contributed by atoms with E-state index in [0.717, 1.165) is 29.2 Å². The fourth-order valence-corrected chi connectivity index (χ4v) is 5.88. The van der Waals surface area contributed by atoms with E-state index in [-0.39, 0.29) is 36.4 Å². The number of nitrogens with two attached hydrogens (primary N) is 1. The summed E-state index contributed by atoms with van der Waals surface area (Å²) >= 11 is 0. The first-order valence-corrected chi connectivity index (χ1v) is 18.9. The number of nitrogens with zero attached hydrogens (tertiary/aromatic N) is 2. The lowest BCUT2D eigenvalue weighted by molar-refractivity contribution is -0.130. The van der Waals surface area contributed by atoms with Gasteiger partial charge in [-0.3, -0.25) is 28.8 Å². The minimum absolute atomic E-state index is 0.124. The minimum atomic E-state index is -0.898. The van der Waals surface area contributed by atoms with Gasteiger partial charge in [0, 0.05) is 23.5 Å². The fourth-order valence-electron chi connectivity index (χ4n) is 5.88. The van der Waals surface area contributed by atoms with E-state index in [0.29, 0.717) is 29.2 Å². The highest BCUT2D eigenvalue weighted by molar-refractivity contribution is 6.18. The van der Waals surface area contributed by atoms with Gasteiger partial charge in [0.2, 0.25) is 29.5 Å². The smallest absolute Gasteiger partial charge is 0.253 e. The molecule has 0 spiro atoms. The van der Waals surface area contributed by atoms with Crippen molar-refractivity contribution in [3.05, 3.63) is 162 Å². The number of hydrogen-bond donors (Lipinski definition) is 4. The van der Waals surface area contributed by atoms with Gasteiger partial charge in [0.15, 0.2) is 0 Å². The highest BCUT2D eigenvalue weighted by Gasteiger charge is 2.28. The molecule has 0 bridgehead atoms. The van der Waals surface area contributed by atoms with Crippen LogP contribution in [-0.4, -0.2) is 61.1 Å². The molecule has 16 heteroatoms. The maximum Gasteiger partial charge on any atom is 0.253 e. The Morgan fingerprint density at radius 3 is 1.56 bits per heavy atom. The van der Waals surface area contributed by atoms with E-state index in [2.05, 4.69) is 16.0 Å². The molecule has 0 aliphatic carbocycles. The second-order valence-electron chi connectivity index (χ2n) is 13.8. The van der Waals surface area contributed by atoms with Gasteiger partial charge in [0.05, 0.1) is 31.6 Å². The SMILES string of the molecule is CC(C)[C@H](NC(=O)Cc1cc(F)cc(F)c1)C(=O)NCC(=O)Nc1ccccc1.NCC(=O)N(C(=O)CN(C(=O)Cc1cc(F)cc(F)c1)c1ccccc1)c1ccccc1. The van der Waals surface area contributed by atoms with E-state index in [1.165, 1.54) is 4.90 Å². The topological polar surface area (TPSA) is 171 Å². The molecule has 5 rings (SSSR count). The number of rotatable bonds is 15. The van der Waals surface area contributed by atoms with Crippen molar-refractivity contribution in [2.75, 3.05) is 34.8 Å². The Labute approximate surface area is 349 Å². The fraction of sp³-hybridized carbons (Fsp3) is 0.200. The first kappa shape index (κ1) is 46.5. The average Bonchev–Trinajstić information content (AvgIpc) is 3.21. The molecule has 1 atom stereocenters. The Balaban J connectivity index is 0.000000270. The molecule has 0 radical (unpaired) electrons. The van der Waals surface area contributed by atoms with Gasteiger partial charge in [-0.05, 0) is 77.7 Å². The largest absolute Gasteiger partial charge is 0.345 e. The van der Waals surface area contributed by atoms with Crippen LogP contribution in [0.3, 0.4) is 0 Å². The highest BCUT2D eigenvalue weighted by atomic mass is 19.1. The summed E-state index contributed by atoms with van der Waals surface area (Å²) in [6.45, 7) is 2.33. The van der Waals surface area contributed by atoms with Crippen LogP contribution < -0.4 is 31.5 Å². The predicted molar refractivity (Wildman–Crippen MR) is 222 cm³/mol. The summed E-state index contributed by atoms with van der Waals surface area (Å²) in [6.07, 6.45) is -0.618. The third-order valence-electron chi connectivity index (χ3n) is 8.66. The van der Waals surface area contributed by atoms with Crippen molar-refractivity contribution >= 4 is 52.5 Å². The minimum Gasteiger partial charge on any atom is -0.345 e. The molecule has 5 aromatic carbocycles. The third kappa shape index (κ3) is 14.8. The van der Waals surface area contributed by atoms with Crippen LogP contribution >= 0.6 is 0 Å². The molecule has 0 fully saturated rings. The second kappa shape index (κ2) is 22.8. The Bertz CT molecular complexity index is 2260. The second-order valence-corrected chi connectivity index (χ2v) is 13.8. The molecular weight excluding hydrogens is 797 g/mol. The van der Waals surface area contributed by atoms with E-state index in [1.54, 1.807) is 98.8 Å². The van der Waals surface area contributed by atoms with Crippen molar-refractivity contribution in [1.29, 1.82) is 0 Å². The van der Waals surface area contributed by atoms with Crippen molar-refractivity contribution in [3.8, 4) is 0 Å². The highest BCUT2D eigenvalue weighted by Crippen LogP contribution is 2.20. The number of benzene rings is 5. The molecule has 12 nitrogen and oxygen atoms in total. The standard InChI is InChI=1S/C24H21F2N3O3.C21H23F2N3O3/c25-18-11-17(12-19(26)14-18)13-22(30)28(20-7-3-1-4-8-20)16-24(32)29(23(31)15-27)21-9-5-2-6-10-21;1-13(2)20(26-18(27)10-14-8-15(22)11-16(23)9-14)21(29)24-12-19(28)25-17-6-4-3-5-7-17/h1-12,14H,13,15-16,27H2;3-9,11,13,20H,10,12H2,1-2H3,(H,24,29)(H,25,28)(H,26,27)/t;20-/m.0/s1. The van der Waals surface area contributed by atoms with E-state index >= 15 is 0 Å². The van der Waals surface area contributed by atoms with E-state index in [1.807, 2.05) is 6.07 Å². The third-order valence-corrected chi connectivity index (χ3v) is 8.66. The molecule has 0 aliphatic rings. The first-order chi connectivity index (χ1) is 29.1. The zero-order valence-electron chi connectivity index (χ0n) is 33.2. The van der Waals surface area contributed by atoms with Gasteiger partial charge in [0.1, 0.15) is 35.9 Å². The zero-order valence-corrected chi connectivity index (χ0v) is 33.2. The molecule has 5 aromatic rings. The van der Waals surface area contributed by atoms with Gasteiger partial charge in [-0.25, -0.2) is 22.5 Å². The van der Waals surface area contributed by atoms with Crippen molar-refractivity contribution in [3.63, 3.8) is 0 Å². The average molecular weight is 841 g/mol. The Morgan fingerprint density at radius 1 is 0.590 bits per heavy atom.